The van der Waals surface area contributed by atoms with Crippen molar-refractivity contribution in [1.82, 2.24) is 9.78 Å². The molecule has 0 aliphatic carbocycles. The van der Waals surface area contributed by atoms with Crippen LogP contribution in [0.4, 0.5) is 13.2 Å². The molecule has 0 unspecified atom stereocenters. The number of nitrogens with zero attached hydrogens (tertiary/aromatic N) is 2. The van der Waals surface area contributed by atoms with Gasteiger partial charge in [0.2, 0.25) is 0 Å². The van der Waals surface area contributed by atoms with Crippen LogP contribution in [0.2, 0.25) is 0 Å². The lowest BCUT2D eigenvalue weighted by Crippen LogP contribution is -2.18. The second kappa shape index (κ2) is 3.92. The molecular formula is C10H13F3N2O. The van der Waals surface area contributed by atoms with E-state index >= 15 is 0 Å². The van der Waals surface area contributed by atoms with Gasteiger partial charge in [-0.15, -0.1) is 0 Å². The number of hydrogen-bond donors (Lipinski definition) is 0. The molecule has 0 aliphatic heterocycles. The molecule has 0 saturated carbocycles. The monoisotopic (exact) mass is 234 g/mol. The van der Waals surface area contributed by atoms with Crippen LogP contribution in [0, 0.1) is 0 Å². The first-order valence-electron chi connectivity index (χ1n) is 4.75. The predicted octanol–water partition coefficient (Wildman–Crippen LogP) is 2.40. The van der Waals surface area contributed by atoms with E-state index in [1.165, 1.54) is 0 Å². The summed E-state index contributed by atoms with van der Waals surface area (Å²) in [6.07, 6.45) is -3.95. The standard InChI is InChI=1S/C10H13F3N2O/c1-9(2,3)8-6-7(10(11,12)13)14-15(8)4-5-16/h5-6H,4H2,1-3H3. The van der Waals surface area contributed by atoms with Crippen molar-refractivity contribution in [2.24, 2.45) is 0 Å². The van der Waals surface area contributed by atoms with E-state index in [4.69, 9.17) is 0 Å². The molecule has 3 nitrogen and oxygen atoms in total. The maximum Gasteiger partial charge on any atom is 0.435 e. The average molecular weight is 234 g/mol. The third-order valence-corrected chi connectivity index (χ3v) is 2.09. The molecule has 0 aliphatic rings. The van der Waals surface area contributed by atoms with Crippen LogP contribution in [-0.4, -0.2) is 16.1 Å². The van der Waals surface area contributed by atoms with E-state index in [9.17, 15) is 18.0 Å². The molecular weight excluding hydrogens is 221 g/mol. The quantitative estimate of drug-likeness (QED) is 0.736. The molecule has 0 bridgehead atoms. The highest BCUT2D eigenvalue weighted by Gasteiger charge is 2.36. The number of hydrogen-bond acceptors (Lipinski definition) is 2. The first kappa shape index (κ1) is 12.7. The Kier molecular flexibility index (Phi) is 3.12. The van der Waals surface area contributed by atoms with Crippen molar-refractivity contribution in [3.63, 3.8) is 0 Å². The Morgan fingerprint density at radius 2 is 1.94 bits per heavy atom. The van der Waals surface area contributed by atoms with Gasteiger partial charge in [0.1, 0.15) is 6.29 Å². The number of alkyl halides is 3. The van der Waals surface area contributed by atoms with Crippen molar-refractivity contribution in [1.29, 1.82) is 0 Å². The SMILES string of the molecule is CC(C)(C)c1cc(C(F)(F)F)nn1CC=O. The fraction of sp³-hybridized carbons (Fsp3) is 0.600. The summed E-state index contributed by atoms with van der Waals surface area (Å²) in [4.78, 5) is 10.4. The van der Waals surface area contributed by atoms with Gasteiger partial charge in [-0.2, -0.15) is 18.3 Å². The van der Waals surface area contributed by atoms with Crippen molar-refractivity contribution in [3.8, 4) is 0 Å². The predicted molar refractivity (Wildman–Crippen MR) is 52.0 cm³/mol. The summed E-state index contributed by atoms with van der Waals surface area (Å²) in [6.45, 7) is 5.14. The van der Waals surface area contributed by atoms with Gasteiger partial charge in [-0.05, 0) is 6.07 Å². The second-order valence-electron chi connectivity index (χ2n) is 4.51. The van der Waals surface area contributed by atoms with Gasteiger partial charge in [-0.3, -0.25) is 4.68 Å². The molecule has 0 N–H and O–H groups in total. The Morgan fingerprint density at radius 1 is 1.38 bits per heavy atom. The first-order chi connectivity index (χ1) is 7.16. The highest BCUT2D eigenvalue weighted by atomic mass is 19.4. The van der Waals surface area contributed by atoms with Gasteiger partial charge in [-0.25, -0.2) is 0 Å². The lowest BCUT2D eigenvalue weighted by molar-refractivity contribution is -0.141. The molecule has 6 heteroatoms. The van der Waals surface area contributed by atoms with E-state index in [1.807, 2.05) is 0 Å². The summed E-state index contributed by atoms with van der Waals surface area (Å²) in [5.74, 6) is 0. The van der Waals surface area contributed by atoms with Gasteiger partial charge < -0.3 is 4.79 Å². The maximum absolute atomic E-state index is 12.4. The Hall–Kier alpha value is -1.33. The van der Waals surface area contributed by atoms with Crippen LogP contribution in [0.1, 0.15) is 32.2 Å². The molecule has 1 rings (SSSR count). The van der Waals surface area contributed by atoms with Gasteiger partial charge in [0.25, 0.3) is 0 Å². The molecule has 90 valence electrons. The highest BCUT2D eigenvalue weighted by molar-refractivity contribution is 5.49. The number of carbonyl (C=O) groups excluding carboxylic acids is 1. The zero-order valence-electron chi connectivity index (χ0n) is 9.30. The maximum atomic E-state index is 12.4. The van der Waals surface area contributed by atoms with Crippen LogP contribution in [-0.2, 0) is 22.9 Å². The summed E-state index contributed by atoms with van der Waals surface area (Å²) >= 11 is 0. The van der Waals surface area contributed by atoms with E-state index < -0.39 is 17.3 Å². The van der Waals surface area contributed by atoms with Crippen LogP contribution < -0.4 is 0 Å². The summed E-state index contributed by atoms with van der Waals surface area (Å²) in [7, 11) is 0. The normalized spacial score (nSPS) is 12.9. The molecule has 16 heavy (non-hydrogen) atoms. The van der Waals surface area contributed by atoms with Gasteiger partial charge in [0.15, 0.2) is 5.69 Å². The minimum Gasteiger partial charge on any atom is -0.301 e. The summed E-state index contributed by atoms with van der Waals surface area (Å²) in [5, 5.41) is 3.40. The van der Waals surface area contributed by atoms with E-state index in [2.05, 4.69) is 5.10 Å². The van der Waals surface area contributed by atoms with Crippen molar-refractivity contribution in [3.05, 3.63) is 17.5 Å². The fourth-order valence-electron chi connectivity index (χ4n) is 1.37. The first-order valence-corrected chi connectivity index (χ1v) is 4.75. The Morgan fingerprint density at radius 3 is 2.31 bits per heavy atom. The molecule has 1 aromatic rings. The van der Waals surface area contributed by atoms with Crippen LogP contribution in [0.3, 0.4) is 0 Å². The molecule has 0 amide bonds. The number of rotatable bonds is 2. The molecule has 0 spiro atoms. The molecule has 0 radical (unpaired) electrons. The van der Waals surface area contributed by atoms with Gasteiger partial charge in [0, 0.05) is 11.1 Å². The highest BCUT2D eigenvalue weighted by Crippen LogP contribution is 2.32. The Balaban J connectivity index is 3.26. The summed E-state index contributed by atoms with van der Waals surface area (Å²) in [6, 6.07) is 0.990. The minimum atomic E-state index is -4.48. The number of halogens is 3. The molecule has 1 aromatic heterocycles. The lowest BCUT2D eigenvalue weighted by Gasteiger charge is -2.18. The molecule has 0 aromatic carbocycles. The van der Waals surface area contributed by atoms with Crippen molar-refractivity contribution in [2.45, 2.75) is 38.9 Å². The van der Waals surface area contributed by atoms with E-state index in [1.54, 1.807) is 20.8 Å². The van der Waals surface area contributed by atoms with Gasteiger partial charge in [0.05, 0.1) is 6.54 Å². The zero-order chi connectivity index (χ0) is 12.6. The van der Waals surface area contributed by atoms with Gasteiger partial charge in [-0.1, -0.05) is 20.8 Å². The number of aromatic nitrogens is 2. The Labute approximate surface area is 91.3 Å². The summed E-state index contributed by atoms with van der Waals surface area (Å²) in [5.41, 5.74) is -1.05. The molecule has 1 heterocycles. The van der Waals surface area contributed by atoms with E-state index in [0.29, 0.717) is 12.0 Å². The van der Waals surface area contributed by atoms with Crippen molar-refractivity contribution in [2.75, 3.05) is 0 Å². The molecule has 0 atom stereocenters. The zero-order valence-corrected chi connectivity index (χ0v) is 9.30. The van der Waals surface area contributed by atoms with Crippen LogP contribution in [0.15, 0.2) is 6.07 Å². The second-order valence-corrected chi connectivity index (χ2v) is 4.51. The Bertz CT molecular complexity index is 388. The van der Waals surface area contributed by atoms with Crippen LogP contribution in [0.5, 0.6) is 0 Å². The van der Waals surface area contributed by atoms with E-state index in [-0.39, 0.29) is 6.54 Å². The van der Waals surface area contributed by atoms with E-state index in [0.717, 1.165) is 10.7 Å². The minimum absolute atomic E-state index is 0.164. The third kappa shape index (κ3) is 2.62. The largest absolute Gasteiger partial charge is 0.435 e. The molecule has 0 fully saturated rings. The van der Waals surface area contributed by atoms with Crippen molar-refractivity contribution >= 4 is 6.29 Å². The third-order valence-electron chi connectivity index (χ3n) is 2.09. The average Bonchev–Trinajstić information content (AvgIpc) is 2.46. The van der Waals surface area contributed by atoms with Crippen LogP contribution >= 0.6 is 0 Å². The summed E-state index contributed by atoms with van der Waals surface area (Å²) < 4.78 is 38.4. The number of aldehydes is 1. The topological polar surface area (TPSA) is 34.9 Å². The van der Waals surface area contributed by atoms with Crippen molar-refractivity contribution < 1.29 is 18.0 Å². The number of carbonyl (C=O) groups is 1. The van der Waals surface area contributed by atoms with Crippen LogP contribution in [0.25, 0.3) is 0 Å². The smallest absolute Gasteiger partial charge is 0.301 e. The molecule has 0 saturated heterocycles. The fourth-order valence-corrected chi connectivity index (χ4v) is 1.37. The lowest BCUT2D eigenvalue weighted by atomic mass is 9.92. The van der Waals surface area contributed by atoms with Gasteiger partial charge >= 0.3 is 6.18 Å².